The Labute approximate surface area is 195 Å². The van der Waals surface area contributed by atoms with E-state index in [4.69, 9.17) is 9.15 Å². The van der Waals surface area contributed by atoms with Gasteiger partial charge in [0.15, 0.2) is 11.7 Å². The van der Waals surface area contributed by atoms with Gasteiger partial charge in [-0.1, -0.05) is 0 Å². The van der Waals surface area contributed by atoms with Crippen molar-refractivity contribution in [1.29, 1.82) is 0 Å². The van der Waals surface area contributed by atoms with Crippen molar-refractivity contribution < 1.29 is 27.1 Å². The molecule has 170 valence electrons. The number of nitrogens with zero attached hydrogens (tertiary/aromatic N) is 3. The van der Waals surface area contributed by atoms with E-state index in [9.17, 15) is 18.0 Å². The van der Waals surface area contributed by atoms with E-state index in [1.54, 1.807) is 24.1 Å². The molecule has 2 aromatic rings. The molecule has 1 fully saturated rings. The van der Waals surface area contributed by atoms with E-state index < -0.39 is 11.7 Å². The molecule has 0 atom stereocenters. The first-order chi connectivity index (χ1) is 14.4. The molecule has 11 heteroatoms. The van der Waals surface area contributed by atoms with E-state index >= 15 is 0 Å². The van der Waals surface area contributed by atoms with Crippen molar-refractivity contribution in [1.82, 2.24) is 15.1 Å². The van der Waals surface area contributed by atoms with Crippen molar-refractivity contribution >= 4 is 35.8 Å². The molecule has 1 aromatic carbocycles. The van der Waals surface area contributed by atoms with E-state index in [1.807, 2.05) is 4.90 Å². The van der Waals surface area contributed by atoms with Crippen LogP contribution in [0.1, 0.15) is 16.1 Å². The summed E-state index contributed by atoms with van der Waals surface area (Å²) in [6.07, 6.45) is -2.89. The number of furan rings is 1. The topological polar surface area (TPSA) is 70.3 Å². The average Bonchev–Trinajstić information content (AvgIpc) is 3.28. The van der Waals surface area contributed by atoms with Gasteiger partial charge in [0.1, 0.15) is 12.4 Å². The maximum Gasteiger partial charge on any atom is 0.416 e. The second-order valence-electron chi connectivity index (χ2n) is 6.60. The molecule has 0 bridgehead atoms. The highest BCUT2D eigenvalue weighted by atomic mass is 127. The number of nitrogens with one attached hydrogen (secondary N) is 1. The van der Waals surface area contributed by atoms with Crippen LogP contribution < -0.4 is 10.1 Å². The first-order valence-corrected chi connectivity index (χ1v) is 9.47. The molecular weight excluding hydrogens is 528 g/mol. The molecule has 1 N–H and O–H groups in total. The van der Waals surface area contributed by atoms with E-state index in [2.05, 4.69) is 10.3 Å². The summed E-state index contributed by atoms with van der Waals surface area (Å²) in [5.41, 5.74) is -0.710. The summed E-state index contributed by atoms with van der Waals surface area (Å²) in [5, 5.41) is 3.17. The van der Waals surface area contributed by atoms with Gasteiger partial charge in [-0.05, 0) is 36.4 Å². The Morgan fingerprint density at radius 2 is 1.77 bits per heavy atom. The molecule has 7 nitrogen and oxygen atoms in total. The number of piperazine rings is 1. The minimum Gasteiger partial charge on any atom is -0.492 e. The molecule has 2 heterocycles. The van der Waals surface area contributed by atoms with E-state index in [1.165, 1.54) is 18.4 Å². The van der Waals surface area contributed by atoms with Crippen molar-refractivity contribution in [3.8, 4) is 5.75 Å². The fraction of sp³-hybridized carbons (Fsp3) is 0.400. The number of benzene rings is 1. The predicted octanol–water partition coefficient (Wildman–Crippen LogP) is 3.33. The standard InChI is InChI=1S/C20H23F3N4O3.HI/c1-24-19(25-8-14-29-16-6-4-15(5-7-16)20(21,22)23)27-11-9-26(10-12-27)18(28)17-3-2-13-30-17;/h2-7,13H,8-12,14H2,1H3,(H,24,25);1H. The number of halogens is 4. The van der Waals surface area contributed by atoms with Crippen LogP contribution in [0.3, 0.4) is 0 Å². The Balaban J connectivity index is 0.00000341. The third-order valence-corrected chi connectivity index (χ3v) is 4.65. The molecule has 0 saturated carbocycles. The van der Waals surface area contributed by atoms with Gasteiger partial charge in [-0.3, -0.25) is 9.79 Å². The largest absolute Gasteiger partial charge is 0.492 e. The molecule has 1 aliphatic rings. The number of aliphatic imine (C=N–C) groups is 1. The minimum atomic E-state index is -4.36. The van der Waals surface area contributed by atoms with E-state index in [0.717, 1.165) is 12.1 Å². The Morgan fingerprint density at radius 3 is 2.32 bits per heavy atom. The molecule has 0 spiro atoms. The number of hydrogen-bond acceptors (Lipinski definition) is 4. The third kappa shape index (κ3) is 6.77. The van der Waals surface area contributed by atoms with Crippen LogP contribution in [0.2, 0.25) is 0 Å². The van der Waals surface area contributed by atoms with Gasteiger partial charge in [0.25, 0.3) is 5.91 Å². The van der Waals surface area contributed by atoms with Crippen LogP contribution in [0, 0.1) is 0 Å². The number of hydrogen-bond donors (Lipinski definition) is 1. The summed E-state index contributed by atoms with van der Waals surface area (Å²) in [4.78, 5) is 20.3. The van der Waals surface area contributed by atoms with Crippen LogP contribution in [-0.2, 0) is 6.18 Å². The predicted molar refractivity (Wildman–Crippen MR) is 120 cm³/mol. The third-order valence-electron chi connectivity index (χ3n) is 4.65. The average molecular weight is 552 g/mol. The first kappa shape index (κ1) is 24.8. The fourth-order valence-corrected chi connectivity index (χ4v) is 3.08. The van der Waals surface area contributed by atoms with Crippen LogP contribution in [-0.4, -0.2) is 68.0 Å². The summed E-state index contributed by atoms with van der Waals surface area (Å²) < 4.78 is 48.4. The summed E-state index contributed by atoms with van der Waals surface area (Å²) in [7, 11) is 1.67. The minimum absolute atomic E-state index is 0. The molecule has 31 heavy (non-hydrogen) atoms. The summed E-state index contributed by atoms with van der Waals surface area (Å²) in [5.74, 6) is 1.24. The second kappa shape index (κ2) is 11.3. The van der Waals surface area contributed by atoms with Crippen molar-refractivity contribution in [3.05, 3.63) is 54.0 Å². The zero-order chi connectivity index (χ0) is 21.6. The first-order valence-electron chi connectivity index (χ1n) is 9.47. The fourth-order valence-electron chi connectivity index (χ4n) is 3.08. The van der Waals surface area contributed by atoms with Crippen LogP contribution in [0.25, 0.3) is 0 Å². The zero-order valence-corrected chi connectivity index (χ0v) is 19.2. The Morgan fingerprint density at radius 1 is 1.13 bits per heavy atom. The van der Waals surface area contributed by atoms with Gasteiger partial charge in [0.2, 0.25) is 0 Å². The van der Waals surface area contributed by atoms with Crippen molar-refractivity contribution in [3.63, 3.8) is 0 Å². The number of rotatable bonds is 5. The number of alkyl halides is 3. The Kier molecular flexibility index (Phi) is 9.01. The number of amides is 1. The van der Waals surface area contributed by atoms with Gasteiger partial charge in [-0.2, -0.15) is 13.2 Å². The van der Waals surface area contributed by atoms with Gasteiger partial charge in [-0.15, -0.1) is 24.0 Å². The Bertz CT molecular complexity index is 850. The maximum atomic E-state index is 12.6. The molecular formula is C20H24F3IN4O3. The highest BCUT2D eigenvalue weighted by Gasteiger charge is 2.30. The molecule has 0 aliphatic carbocycles. The molecule has 0 unspecified atom stereocenters. The quantitative estimate of drug-likeness (QED) is 0.267. The highest BCUT2D eigenvalue weighted by Crippen LogP contribution is 2.30. The Hall–Kier alpha value is -2.44. The molecule has 3 rings (SSSR count). The van der Waals surface area contributed by atoms with E-state index in [-0.39, 0.29) is 36.5 Å². The van der Waals surface area contributed by atoms with Gasteiger partial charge in [0.05, 0.1) is 18.4 Å². The van der Waals surface area contributed by atoms with Crippen LogP contribution >= 0.6 is 24.0 Å². The van der Waals surface area contributed by atoms with Crippen molar-refractivity contribution in [2.75, 3.05) is 46.4 Å². The number of carbonyl (C=O) groups is 1. The molecule has 0 radical (unpaired) electrons. The summed E-state index contributed by atoms with van der Waals surface area (Å²) >= 11 is 0. The van der Waals surface area contributed by atoms with Crippen molar-refractivity contribution in [2.24, 2.45) is 4.99 Å². The molecule has 1 aromatic heterocycles. The smallest absolute Gasteiger partial charge is 0.416 e. The van der Waals surface area contributed by atoms with Gasteiger partial charge >= 0.3 is 6.18 Å². The highest BCUT2D eigenvalue weighted by molar-refractivity contribution is 14.0. The SMILES string of the molecule is CN=C(NCCOc1ccc(C(F)(F)F)cc1)N1CCN(C(=O)c2ccco2)CC1.I. The van der Waals surface area contributed by atoms with Gasteiger partial charge in [-0.25, -0.2) is 0 Å². The molecule has 1 aliphatic heterocycles. The zero-order valence-electron chi connectivity index (χ0n) is 16.9. The van der Waals surface area contributed by atoms with Gasteiger partial charge in [0, 0.05) is 33.2 Å². The maximum absolute atomic E-state index is 12.6. The lowest BCUT2D eigenvalue weighted by Crippen LogP contribution is -2.54. The van der Waals surface area contributed by atoms with Crippen LogP contribution in [0.15, 0.2) is 52.1 Å². The lowest BCUT2D eigenvalue weighted by Gasteiger charge is -2.36. The molecule has 1 amide bonds. The number of ether oxygens (including phenoxy) is 1. The van der Waals surface area contributed by atoms with Crippen LogP contribution in [0.4, 0.5) is 13.2 Å². The monoisotopic (exact) mass is 552 g/mol. The lowest BCUT2D eigenvalue weighted by atomic mass is 10.2. The summed E-state index contributed by atoms with van der Waals surface area (Å²) in [6.45, 7) is 3.02. The second-order valence-corrected chi connectivity index (χ2v) is 6.60. The van der Waals surface area contributed by atoms with E-state index in [0.29, 0.717) is 50.2 Å². The number of carbonyl (C=O) groups excluding carboxylic acids is 1. The van der Waals surface area contributed by atoms with Crippen LogP contribution in [0.5, 0.6) is 5.75 Å². The summed E-state index contributed by atoms with van der Waals surface area (Å²) in [6, 6.07) is 7.91. The van der Waals surface area contributed by atoms with Crippen molar-refractivity contribution in [2.45, 2.75) is 6.18 Å². The molecule has 1 saturated heterocycles. The number of guanidine groups is 1. The normalized spacial score (nSPS) is 14.8. The van der Waals surface area contributed by atoms with Gasteiger partial charge < -0.3 is 24.3 Å². The lowest BCUT2D eigenvalue weighted by molar-refractivity contribution is -0.137.